The molecule has 0 saturated carbocycles. The number of hydrogen-bond acceptors (Lipinski definition) is 3. The molecule has 162 valence electrons. The molecule has 30 heavy (non-hydrogen) atoms. The molecule has 6 heteroatoms. The van der Waals surface area contributed by atoms with Crippen LogP contribution in [0.25, 0.3) is 0 Å². The Morgan fingerprint density at radius 3 is 2.43 bits per heavy atom. The maximum atomic E-state index is 13.1. The average molecular weight is 431 g/mol. The summed E-state index contributed by atoms with van der Waals surface area (Å²) in [6.45, 7) is 9.76. The minimum atomic E-state index is -0.623. The van der Waals surface area contributed by atoms with E-state index in [-0.39, 0.29) is 24.5 Å². The molecule has 1 N–H and O–H groups in total. The van der Waals surface area contributed by atoms with Crippen LogP contribution in [-0.2, 0) is 16.1 Å². The Bertz CT molecular complexity index is 885. The first-order valence-corrected chi connectivity index (χ1v) is 10.6. The molecule has 2 atom stereocenters. The number of benzene rings is 2. The van der Waals surface area contributed by atoms with Crippen molar-refractivity contribution in [3.8, 4) is 5.75 Å². The first-order chi connectivity index (χ1) is 14.2. The monoisotopic (exact) mass is 430 g/mol. The second kappa shape index (κ2) is 11.0. The fraction of sp³-hybridized carbons (Fsp3) is 0.417. The highest BCUT2D eigenvalue weighted by Gasteiger charge is 2.27. The number of hydrogen-bond donors (Lipinski definition) is 1. The molecule has 2 aromatic rings. The molecular formula is C24H31ClN2O3. The van der Waals surface area contributed by atoms with E-state index in [2.05, 4.69) is 5.32 Å². The first kappa shape index (κ1) is 23.7. The van der Waals surface area contributed by atoms with Crippen molar-refractivity contribution in [2.24, 2.45) is 0 Å². The second-order valence-electron chi connectivity index (χ2n) is 7.64. The molecule has 0 aliphatic carbocycles. The highest BCUT2D eigenvalue weighted by atomic mass is 35.5. The summed E-state index contributed by atoms with van der Waals surface area (Å²) < 4.78 is 5.70. The Labute approximate surface area is 184 Å². The number of nitrogens with one attached hydrogen (secondary N) is 1. The number of rotatable bonds is 9. The van der Waals surface area contributed by atoms with Gasteiger partial charge in [0.05, 0.1) is 0 Å². The summed E-state index contributed by atoms with van der Waals surface area (Å²) in [7, 11) is 0. The van der Waals surface area contributed by atoms with Crippen molar-refractivity contribution in [3.05, 3.63) is 64.2 Å². The minimum Gasteiger partial charge on any atom is -0.484 e. The molecular weight excluding hydrogens is 400 g/mol. The van der Waals surface area contributed by atoms with Crippen LogP contribution in [0.15, 0.2) is 42.5 Å². The molecule has 2 amide bonds. The zero-order valence-corrected chi connectivity index (χ0v) is 19.1. The van der Waals surface area contributed by atoms with Crippen LogP contribution in [0.3, 0.4) is 0 Å². The lowest BCUT2D eigenvalue weighted by Crippen LogP contribution is -2.50. The van der Waals surface area contributed by atoms with Crippen LogP contribution in [0.4, 0.5) is 0 Å². The largest absolute Gasteiger partial charge is 0.484 e. The van der Waals surface area contributed by atoms with Crippen molar-refractivity contribution in [2.45, 2.75) is 59.7 Å². The highest BCUT2D eigenvalue weighted by molar-refractivity contribution is 6.31. The average Bonchev–Trinajstić information content (AvgIpc) is 2.73. The summed E-state index contributed by atoms with van der Waals surface area (Å²) >= 11 is 6.05. The fourth-order valence-corrected chi connectivity index (χ4v) is 3.07. The number of halogens is 1. The van der Waals surface area contributed by atoms with Crippen molar-refractivity contribution in [3.63, 3.8) is 0 Å². The zero-order chi connectivity index (χ0) is 22.3. The number of carbonyl (C=O) groups excluding carboxylic acids is 2. The molecule has 0 fully saturated rings. The van der Waals surface area contributed by atoms with E-state index in [1.165, 1.54) is 0 Å². The fourth-order valence-electron chi connectivity index (χ4n) is 2.95. The molecule has 0 heterocycles. The summed E-state index contributed by atoms with van der Waals surface area (Å²) in [6.07, 6.45) is 0.823. The lowest BCUT2D eigenvalue weighted by Gasteiger charge is -2.30. The van der Waals surface area contributed by atoms with Crippen LogP contribution in [0, 0.1) is 13.8 Å². The number of amides is 2. The van der Waals surface area contributed by atoms with Crippen molar-refractivity contribution in [1.82, 2.24) is 10.2 Å². The molecule has 0 aliphatic heterocycles. The number of ether oxygens (including phenoxy) is 1. The quantitative estimate of drug-likeness (QED) is 0.629. The lowest BCUT2D eigenvalue weighted by molar-refractivity contribution is -0.142. The molecule has 0 aromatic heterocycles. The van der Waals surface area contributed by atoms with Gasteiger partial charge in [-0.2, -0.15) is 0 Å². The maximum Gasteiger partial charge on any atom is 0.261 e. The number of carbonyl (C=O) groups is 2. The van der Waals surface area contributed by atoms with E-state index >= 15 is 0 Å². The molecule has 0 saturated heterocycles. The van der Waals surface area contributed by atoms with E-state index in [0.717, 1.165) is 23.1 Å². The Balaban J connectivity index is 2.18. The van der Waals surface area contributed by atoms with Crippen molar-refractivity contribution in [2.75, 3.05) is 6.61 Å². The van der Waals surface area contributed by atoms with Gasteiger partial charge in [0.15, 0.2) is 6.61 Å². The molecule has 2 rings (SSSR count). The molecule has 2 unspecified atom stereocenters. The van der Waals surface area contributed by atoms with E-state index in [0.29, 0.717) is 17.3 Å². The lowest BCUT2D eigenvalue weighted by atomic mass is 10.1. The van der Waals surface area contributed by atoms with Gasteiger partial charge in [-0.3, -0.25) is 9.59 Å². The first-order valence-electron chi connectivity index (χ1n) is 10.3. The highest BCUT2D eigenvalue weighted by Crippen LogP contribution is 2.21. The molecule has 0 radical (unpaired) electrons. The Morgan fingerprint density at radius 2 is 1.80 bits per heavy atom. The van der Waals surface area contributed by atoms with E-state index in [4.69, 9.17) is 16.3 Å². The minimum absolute atomic E-state index is 0.0451. The third-order valence-electron chi connectivity index (χ3n) is 5.26. The maximum absolute atomic E-state index is 13.1. The van der Waals surface area contributed by atoms with Gasteiger partial charge >= 0.3 is 0 Å². The zero-order valence-electron chi connectivity index (χ0n) is 18.4. The summed E-state index contributed by atoms with van der Waals surface area (Å²) in [5.74, 6) is 0.143. The summed E-state index contributed by atoms with van der Waals surface area (Å²) in [6, 6.07) is 12.5. The van der Waals surface area contributed by atoms with Gasteiger partial charge in [-0.1, -0.05) is 42.8 Å². The van der Waals surface area contributed by atoms with E-state index in [1.807, 2.05) is 52.0 Å². The predicted octanol–water partition coefficient (Wildman–Crippen LogP) is 4.67. The second-order valence-corrected chi connectivity index (χ2v) is 8.05. The summed E-state index contributed by atoms with van der Waals surface area (Å²) in [5.41, 5.74) is 2.94. The third kappa shape index (κ3) is 6.49. The van der Waals surface area contributed by atoms with Gasteiger partial charge in [0.1, 0.15) is 11.8 Å². The molecule has 2 aromatic carbocycles. The SMILES string of the molecule is CCC(C)NC(=O)C(C)N(Cc1ccccc1C)C(=O)COc1ccc(Cl)c(C)c1. The summed E-state index contributed by atoms with van der Waals surface area (Å²) in [4.78, 5) is 27.4. The topological polar surface area (TPSA) is 58.6 Å². The van der Waals surface area contributed by atoms with Crippen LogP contribution < -0.4 is 10.1 Å². The van der Waals surface area contributed by atoms with Crippen LogP contribution in [-0.4, -0.2) is 35.4 Å². The Morgan fingerprint density at radius 1 is 1.10 bits per heavy atom. The molecule has 0 bridgehead atoms. The van der Waals surface area contributed by atoms with Crippen molar-refractivity contribution in [1.29, 1.82) is 0 Å². The smallest absolute Gasteiger partial charge is 0.261 e. The molecule has 5 nitrogen and oxygen atoms in total. The van der Waals surface area contributed by atoms with Gasteiger partial charge in [-0.25, -0.2) is 0 Å². The van der Waals surface area contributed by atoms with E-state index in [9.17, 15) is 9.59 Å². The Kier molecular flexibility index (Phi) is 8.72. The van der Waals surface area contributed by atoms with Gasteiger partial charge in [-0.15, -0.1) is 0 Å². The van der Waals surface area contributed by atoms with E-state index in [1.54, 1.807) is 30.0 Å². The Hall–Kier alpha value is -2.53. The van der Waals surface area contributed by atoms with Crippen LogP contribution >= 0.6 is 11.6 Å². The van der Waals surface area contributed by atoms with Gasteiger partial charge < -0.3 is 15.0 Å². The number of nitrogens with zero attached hydrogens (tertiary/aromatic N) is 1. The van der Waals surface area contributed by atoms with Crippen molar-refractivity contribution >= 4 is 23.4 Å². The number of aryl methyl sites for hydroxylation is 2. The van der Waals surface area contributed by atoms with Crippen LogP contribution in [0.5, 0.6) is 5.75 Å². The van der Waals surface area contributed by atoms with Gasteiger partial charge in [0.2, 0.25) is 5.91 Å². The normalized spacial score (nSPS) is 12.7. The third-order valence-corrected chi connectivity index (χ3v) is 5.69. The predicted molar refractivity (Wildman–Crippen MR) is 121 cm³/mol. The van der Waals surface area contributed by atoms with Gasteiger partial charge in [-0.05, 0) is 69.0 Å². The standard InChI is InChI=1S/C24H31ClN2O3/c1-6-18(4)26-24(29)19(5)27(14-20-10-8-7-9-16(20)2)23(28)15-30-21-11-12-22(25)17(3)13-21/h7-13,18-19H,6,14-15H2,1-5H3,(H,26,29). The van der Waals surface area contributed by atoms with Gasteiger partial charge in [0, 0.05) is 17.6 Å². The summed E-state index contributed by atoms with van der Waals surface area (Å²) in [5, 5.41) is 3.61. The van der Waals surface area contributed by atoms with Crippen LogP contribution in [0.1, 0.15) is 43.9 Å². The van der Waals surface area contributed by atoms with Crippen molar-refractivity contribution < 1.29 is 14.3 Å². The van der Waals surface area contributed by atoms with E-state index < -0.39 is 6.04 Å². The molecule has 0 spiro atoms. The van der Waals surface area contributed by atoms with Crippen LogP contribution in [0.2, 0.25) is 5.02 Å². The van der Waals surface area contributed by atoms with Gasteiger partial charge in [0.25, 0.3) is 5.91 Å². The molecule has 0 aliphatic rings.